The van der Waals surface area contributed by atoms with E-state index in [-0.39, 0.29) is 5.91 Å². The van der Waals surface area contributed by atoms with Crippen molar-refractivity contribution in [2.45, 2.75) is 20.4 Å². The van der Waals surface area contributed by atoms with Crippen molar-refractivity contribution in [1.29, 1.82) is 0 Å². The van der Waals surface area contributed by atoms with Crippen molar-refractivity contribution < 1.29 is 9.21 Å². The van der Waals surface area contributed by atoms with Crippen molar-refractivity contribution >= 4 is 11.9 Å². The molecule has 1 atom stereocenters. The number of rotatable bonds is 6. The van der Waals surface area contributed by atoms with Crippen molar-refractivity contribution in [3.05, 3.63) is 42.6 Å². The Bertz CT molecular complexity index is 717. The molecule has 3 rings (SSSR count). The largest absolute Gasteiger partial charge is 0.459 e. The number of hydrogen-bond donors (Lipinski definition) is 1. The van der Waals surface area contributed by atoms with Gasteiger partial charge in [0.1, 0.15) is 0 Å². The molecule has 2 aromatic heterocycles. The zero-order chi connectivity index (χ0) is 19.1. The van der Waals surface area contributed by atoms with Crippen molar-refractivity contribution in [2.75, 3.05) is 39.3 Å². The fraction of sp³-hybridized carbons (Fsp3) is 0.526. The van der Waals surface area contributed by atoms with Crippen LogP contribution in [0.5, 0.6) is 0 Å². The molecule has 27 heavy (non-hydrogen) atoms. The molecule has 1 unspecified atom stereocenters. The predicted octanol–water partition coefficient (Wildman–Crippen LogP) is 1.54. The molecule has 0 spiro atoms. The van der Waals surface area contributed by atoms with E-state index in [1.165, 1.54) is 6.26 Å². The number of nitrogens with zero attached hydrogens (tertiary/aromatic N) is 5. The molecule has 0 aliphatic carbocycles. The molecule has 2 aromatic rings. The summed E-state index contributed by atoms with van der Waals surface area (Å²) < 4.78 is 7.16. The molecule has 0 bridgehead atoms. The fourth-order valence-electron chi connectivity index (χ4n) is 3.13. The number of carbonyl (C=O) groups excluding carboxylic acids is 1. The monoisotopic (exact) mass is 372 g/mol. The van der Waals surface area contributed by atoms with E-state index in [4.69, 9.17) is 9.41 Å². The molecule has 1 saturated heterocycles. The second kappa shape index (κ2) is 9.25. The van der Waals surface area contributed by atoms with E-state index < -0.39 is 0 Å². The number of carbonyl (C=O) groups is 1. The summed E-state index contributed by atoms with van der Waals surface area (Å²) in [6.07, 6.45) is 5.30. The van der Waals surface area contributed by atoms with Gasteiger partial charge in [0.25, 0.3) is 5.91 Å². The number of furan rings is 1. The van der Waals surface area contributed by atoms with Crippen molar-refractivity contribution in [3.8, 4) is 0 Å². The lowest BCUT2D eigenvalue weighted by Gasteiger charge is -2.36. The van der Waals surface area contributed by atoms with Gasteiger partial charge in [0, 0.05) is 58.2 Å². The third-order valence-electron chi connectivity index (χ3n) is 4.54. The van der Waals surface area contributed by atoms with Gasteiger partial charge in [-0.05, 0) is 31.0 Å². The summed E-state index contributed by atoms with van der Waals surface area (Å²) in [6, 6.07) is 5.38. The van der Waals surface area contributed by atoms with Gasteiger partial charge in [-0.3, -0.25) is 14.5 Å². The molecule has 8 heteroatoms. The van der Waals surface area contributed by atoms with Crippen LogP contribution in [0.1, 0.15) is 24.4 Å². The maximum absolute atomic E-state index is 12.4. The predicted molar refractivity (Wildman–Crippen MR) is 104 cm³/mol. The van der Waals surface area contributed by atoms with Crippen LogP contribution in [-0.2, 0) is 6.54 Å². The Morgan fingerprint density at radius 2 is 2.07 bits per heavy atom. The van der Waals surface area contributed by atoms with Crippen LogP contribution < -0.4 is 5.32 Å². The Morgan fingerprint density at radius 1 is 1.30 bits per heavy atom. The molecule has 1 amide bonds. The zero-order valence-electron chi connectivity index (χ0n) is 16.0. The highest BCUT2D eigenvalue weighted by atomic mass is 16.3. The fourth-order valence-corrected chi connectivity index (χ4v) is 3.13. The van der Waals surface area contributed by atoms with Crippen LogP contribution in [0.15, 0.2) is 46.3 Å². The normalized spacial score (nSPS) is 16.4. The Labute approximate surface area is 159 Å². The first-order valence-corrected chi connectivity index (χ1v) is 9.51. The van der Waals surface area contributed by atoms with E-state index in [0.717, 1.165) is 38.7 Å². The number of amides is 1. The van der Waals surface area contributed by atoms with Gasteiger partial charge in [-0.15, -0.1) is 0 Å². The quantitative estimate of drug-likeness (QED) is 0.615. The van der Waals surface area contributed by atoms with Gasteiger partial charge in [0.2, 0.25) is 0 Å². The summed E-state index contributed by atoms with van der Waals surface area (Å²) in [7, 11) is 0. The number of aliphatic imine (C=N–C) groups is 1. The standard InChI is InChI=1S/C19H28N6O2/c1-3-20-19(21-14-16(2)15-25-8-5-7-22-25)24-11-9-23(10-12-24)18(26)17-6-4-13-27-17/h4-8,13,16H,3,9-12,14-15H2,1-2H3,(H,20,21). The van der Waals surface area contributed by atoms with Crippen LogP contribution >= 0.6 is 0 Å². The maximum atomic E-state index is 12.4. The van der Waals surface area contributed by atoms with Gasteiger partial charge < -0.3 is 19.5 Å². The van der Waals surface area contributed by atoms with Crippen LogP contribution in [0.2, 0.25) is 0 Å². The molecular formula is C19H28N6O2. The van der Waals surface area contributed by atoms with E-state index in [2.05, 4.69) is 29.2 Å². The molecule has 3 heterocycles. The van der Waals surface area contributed by atoms with Gasteiger partial charge in [-0.2, -0.15) is 5.10 Å². The zero-order valence-corrected chi connectivity index (χ0v) is 16.0. The average Bonchev–Trinajstić information content (AvgIpc) is 3.39. The molecule has 0 radical (unpaired) electrons. The number of guanidine groups is 1. The lowest BCUT2D eigenvalue weighted by molar-refractivity contribution is 0.0657. The average molecular weight is 372 g/mol. The smallest absolute Gasteiger partial charge is 0.289 e. The molecule has 1 aliphatic heterocycles. The highest BCUT2D eigenvalue weighted by molar-refractivity contribution is 5.91. The Kier molecular flexibility index (Phi) is 6.51. The Balaban J connectivity index is 1.53. The minimum Gasteiger partial charge on any atom is -0.459 e. The molecule has 1 fully saturated rings. The van der Waals surface area contributed by atoms with Crippen molar-refractivity contribution in [2.24, 2.45) is 10.9 Å². The highest BCUT2D eigenvalue weighted by Crippen LogP contribution is 2.10. The first-order chi connectivity index (χ1) is 13.2. The molecule has 0 aromatic carbocycles. The summed E-state index contributed by atoms with van der Waals surface area (Å²) in [5, 5.41) is 7.62. The summed E-state index contributed by atoms with van der Waals surface area (Å²) in [5.74, 6) is 1.65. The lowest BCUT2D eigenvalue weighted by Crippen LogP contribution is -2.53. The molecule has 1 aliphatic rings. The Morgan fingerprint density at radius 3 is 2.70 bits per heavy atom. The van der Waals surface area contributed by atoms with Gasteiger partial charge in [0.15, 0.2) is 11.7 Å². The van der Waals surface area contributed by atoms with Crippen LogP contribution in [0, 0.1) is 5.92 Å². The minimum atomic E-state index is -0.0468. The summed E-state index contributed by atoms with van der Waals surface area (Å²) in [4.78, 5) is 21.2. The van der Waals surface area contributed by atoms with E-state index in [9.17, 15) is 4.79 Å². The van der Waals surface area contributed by atoms with E-state index in [1.54, 1.807) is 18.3 Å². The number of nitrogens with one attached hydrogen (secondary N) is 1. The third kappa shape index (κ3) is 5.12. The summed E-state index contributed by atoms with van der Waals surface area (Å²) >= 11 is 0. The van der Waals surface area contributed by atoms with Crippen LogP contribution in [-0.4, -0.2) is 70.7 Å². The maximum Gasteiger partial charge on any atom is 0.289 e. The first-order valence-electron chi connectivity index (χ1n) is 9.51. The van der Waals surface area contributed by atoms with Gasteiger partial charge in [0.05, 0.1) is 6.26 Å². The summed E-state index contributed by atoms with van der Waals surface area (Å²) in [6.45, 7) is 9.47. The second-order valence-electron chi connectivity index (χ2n) is 6.78. The highest BCUT2D eigenvalue weighted by Gasteiger charge is 2.25. The van der Waals surface area contributed by atoms with E-state index >= 15 is 0 Å². The van der Waals surface area contributed by atoms with Gasteiger partial charge in [-0.1, -0.05) is 6.92 Å². The van der Waals surface area contributed by atoms with Gasteiger partial charge in [-0.25, -0.2) is 0 Å². The van der Waals surface area contributed by atoms with Crippen molar-refractivity contribution in [1.82, 2.24) is 24.9 Å². The molecular weight excluding hydrogens is 344 g/mol. The minimum absolute atomic E-state index is 0.0468. The van der Waals surface area contributed by atoms with Crippen LogP contribution in [0.3, 0.4) is 0 Å². The van der Waals surface area contributed by atoms with Crippen molar-refractivity contribution in [3.63, 3.8) is 0 Å². The second-order valence-corrected chi connectivity index (χ2v) is 6.78. The number of hydrogen-bond acceptors (Lipinski definition) is 4. The van der Waals surface area contributed by atoms with E-state index in [0.29, 0.717) is 24.8 Å². The number of piperazine rings is 1. The van der Waals surface area contributed by atoms with E-state index in [1.807, 2.05) is 21.8 Å². The van der Waals surface area contributed by atoms with Gasteiger partial charge >= 0.3 is 0 Å². The molecule has 146 valence electrons. The Hall–Kier alpha value is -2.77. The number of aromatic nitrogens is 2. The molecule has 0 saturated carbocycles. The SMILES string of the molecule is CCNC(=NCC(C)Cn1cccn1)N1CCN(C(=O)c2ccco2)CC1. The molecule has 8 nitrogen and oxygen atoms in total. The molecule has 1 N–H and O–H groups in total. The first kappa shape index (κ1) is 19.0. The van der Waals surface area contributed by atoms with Crippen LogP contribution in [0.25, 0.3) is 0 Å². The lowest BCUT2D eigenvalue weighted by atomic mass is 10.2. The summed E-state index contributed by atoms with van der Waals surface area (Å²) in [5.41, 5.74) is 0. The third-order valence-corrected chi connectivity index (χ3v) is 4.54. The topological polar surface area (TPSA) is 78.9 Å². The van der Waals surface area contributed by atoms with Crippen LogP contribution in [0.4, 0.5) is 0 Å².